The van der Waals surface area contributed by atoms with E-state index in [9.17, 15) is 0 Å². The zero-order valence-electron chi connectivity index (χ0n) is 10.3. The Hall–Kier alpha value is -1.89. The van der Waals surface area contributed by atoms with Gasteiger partial charge in [-0.1, -0.05) is 0 Å². The highest BCUT2D eigenvalue weighted by molar-refractivity contribution is 9.10. The summed E-state index contributed by atoms with van der Waals surface area (Å²) in [7, 11) is 0. The summed E-state index contributed by atoms with van der Waals surface area (Å²) < 4.78 is 7.90. The van der Waals surface area contributed by atoms with E-state index in [1.807, 2.05) is 31.2 Å². The summed E-state index contributed by atoms with van der Waals surface area (Å²) in [6.07, 6.45) is 0.798. The van der Waals surface area contributed by atoms with Crippen molar-refractivity contribution in [3.8, 4) is 0 Å². The molecule has 0 aliphatic rings. The monoisotopic (exact) mass is 321 g/mol. The lowest BCUT2D eigenvalue weighted by Crippen LogP contribution is -2.08. The number of rotatable bonds is 4. The number of hydrogen-bond acceptors (Lipinski definition) is 5. The Labute approximate surface area is 118 Å². The molecule has 0 bridgehead atoms. The molecule has 0 aliphatic carbocycles. The van der Waals surface area contributed by atoms with Gasteiger partial charge in [0.05, 0.1) is 0 Å². The third-order valence-corrected chi connectivity index (χ3v) is 3.15. The third-order valence-electron chi connectivity index (χ3n) is 2.73. The Morgan fingerprint density at radius 3 is 2.95 bits per heavy atom. The molecular weight excluding hydrogens is 310 g/mol. The van der Waals surface area contributed by atoms with Crippen molar-refractivity contribution >= 4 is 27.4 Å². The van der Waals surface area contributed by atoms with Gasteiger partial charge in [0.2, 0.25) is 0 Å². The molecule has 0 saturated heterocycles. The largest absolute Gasteiger partial charge is 0.454 e. The molecule has 3 aromatic heterocycles. The minimum Gasteiger partial charge on any atom is -0.454 e. The van der Waals surface area contributed by atoms with E-state index in [0.717, 1.165) is 40.7 Å². The zero-order chi connectivity index (χ0) is 13.2. The van der Waals surface area contributed by atoms with Crippen LogP contribution in [0.2, 0.25) is 0 Å². The second kappa shape index (κ2) is 5.00. The van der Waals surface area contributed by atoms with Crippen molar-refractivity contribution in [2.75, 3.05) is 11.9 Å². The van der Waals surface area contributed by atoms with Crippen molar-refractivity contribution in [1.82, 2.24) is 19.8 Å². The van der Waals surface area contributed by atoms with Gasteiger partial charge in [0.25, 0.3) is 0 Å². The molecule has 98 valence electrons. The van der Waals surface area contributed by atoms with Crippen molar-refractivity contribution in [2.24, 2.45) is 0 Å². The molecule has 0 radical (unpaired) electrons. The molecule has 7 heteroatoms. The molecule has 19 heavy (non-hydrogen) atoms. The molecule has 0 fully saturated rings. The molecule has 3 heterocycles. The Bertz CT molecular complexity index is 705. The molecule has 0 aliphatic heterocycles. The number of nitrogens with one attached hydrogen (secondary N) is 1. The van der Waals surface area contributed by atoms with E-state index >= 15 is 0 Å². The van der Waals surface area contributed by atoms with Crippen molar-refractivity contribution in [2.45, 2.75) is 13.3 Å². The van der Waals surface area contributed by atoms with E-state index in [4.69, 9.17) is 4.42 Å². The van der Waals surface area contributed by atoms with E-state index < -0.39 is 0 Å². The van der Waals surface area contributed by atoms with Gasteiger partial charge in [-0.2, -0.15) is 4.52 Å². The highest BCUT2D eigenvalue weighted by Crippen LogP contribution is 2.14. The predicted molar refractivity (Wildman–Crippen MR) is 74.1 cm³/mol. The number of furan rings is 1. The Balaban J connectivity index is 1.66. The van der Waals surface area contributed by atoms with E-state index in [1.165, 1.54) is 0 Å². The zero-order valence-corrected chi connectivity index (χ0v) is 11.9. The lowest BCUT2D eigenvalue weighted by Gasteiger charge is -2.04. The van der Waals surface area contributed by atoms with E-state index in [-0.39, 0.29) is 0 Å². The average Bonchev–Trinajstić information content (AvgIpc) is 2.97. The van der Waals surface area contributed by atoms with Gasteiger partial charge in [0.1, 0.15) is 11.6 Å². The number of aryl methyl sites for hydroxylation is 1. The quantitative estimate of drug-likeness (QED) is 0.799. The second-order valence-electron chi connectivity index (χ2n) is 4.12. The van der Waals surface area contributed by atoms with Gasteiger partial charge in [-0.15, -0.1) is 15.3 Å². The Morgan fingerprint density at radius 2 is 2.16 bits per heavy atom. The number of nitrogens with zero attached hydrogens (tertiary/aromatic N) is 4. The first-order chi connectivity index (χ1) is 9.22. The molecule has 6 nitrogen and oxygen atoms in total. The summed E-state index contributed by atoms with van der Waals surface area (Å²) in [5, 5.41) is 15.6. The van der Waals surface area contributed by atoms with Crippen LogP contribution in [-0.4, -0.2) is 26.4 Å². The highest BCUT2D eigenvalue weighted by atomic mass is 79.9. The molecular formula is C12H12BrN5O. The average molecular weight is 322 g/mol. The molecule has 1 N–H and O–H groups in total. The van der Waals surface area contributed by atoms with Gasteiger partial charge < -0.3 is 9.73 Å². The summed E-state index contributed by atoms with van der Waals surface area (Å²) in [6, 6.07) is 7.62. The number of hydrogen-bond donors (Lipinski definition) is 1. The first kappa shape index (κ1) is 12.2. The first-order valence-electron chi connectivity index (χ1n) is 5.89. The fraction of sp³-hybridized carbons (Fsp3) is 0.250. The standard InChI is InChI=1S/C12H12BrN5O/c1-8-15-16-12-5-4-11(17-18(8)12)14-7-6-9-2-3-10(13)19-9/h2-5H,6-7H2,1H3,(H,14,17). The van der Waals surface area contributed by atoms with Crippen LogP contribution in [0.25, 0.3) is 5.65 Å². The lowest BCUT2D eigenvalue weighted by atomic mass is 10.3. The van der Waals surface area contributed by atoms with Crippen molar-refractivity contribution in [1.29, 1.82) is 0 Å². The van der Waals surface area contributed by atoms with Crippen LogP contribution >= 0.6 is 15.9 Å². The molecule has 3 aromatic rings. The second-order valence-corrected chi connectivity index (χ2v) is 4.90. The third kappa shape index (κ3) is 2.60. The lowest BCUT2D eigenvalue weighted by molar-refractivity contribution is 0.491. The van der Waals surface area contributed by atoms with E-state index in [1.54, 1.807) is 4.52 Å². The maximum absolute atomic E-state index is 5.43. The fourth-order valence-corrected chi connectivity index (χ4v) is 2.13. The molecule has 0 saturated carbocycles. The Kier molecular flexibility index (Phi) is 3.20. The Morgan fingerprint density at radius 1 is 1.26 bits per heavy atom. The molecule has 3 rings (SSSR count). The summed E-state index contributed by atoms with van der Waals surface area (Å²) in [5.74, 6) is 2.50. The molecule has 0 atom stereocenters. The van der Waals surface area contributed by atoms with Crippen LogP contribution in [0.15, 0.2) is 33.4 Å². The van der Waals surface area contributed by atoms with Gasteiger partial charge in [0.15, 0.2) is 16.1 Å². The van der Waals surface area contributed by atoms with Crippen molar-refractivity contribution in [3.05, 3.63) is 40.5 Å². The minimum atomic E-state index is 0.748. The highest BCUT2D eigenvalue weighted by Gasteiger charge is 2.04. The fourth-order valence-electron chi connectivity index (χ4n) is 1.79. The molecule has 0 spiro atoms. The summed E-state index contributed by atoms with van der Waals surface area (Å²) in [4.78, 5) is 0. The van der Waals surface area contributed by atoms with Gasteiger partial charge in [-0.3, -0.25) is 0 Å². The van der Waals surface area contributed by atoms with Crippen molar-refractivity contribution < 1.29 is 4.42 Å². The van der Waals surface area contributed by atoms with E-state index in [0.29, 0.717) is 0 Å². The van der Waals surface area contributed by atoms with Crippen molar-refractivity contribution in [3.63, 3.8) is 0 Å². The minimum absolute atomic E-state index is 0.748. The molecule has 0 amide bonds. The summed E-state index contributed by atoms with van der Waals surface area (Å²) in [5.41, 5.74) is 0.748. The van der Waals surface area contributed by atoms with Crippen LogP contribution in [0.1, 0.15) is 11.6 Å². The van der Waals surface area contributed by atoms with Crippen LogP contribution < -0.4 is 5.32 Å². The summed E-state index contributed by atoms with van der Waals surface area (Å²) >= 11 is 3.28. The van der Waals surface area contributed by atoms with Crippen LogP contribution in [0.5, 0.6) is 0 Å². The normalized spacial score (nSPS) is 11.1. The van der Waals surface area contributed by atoms with Gasteiger partial charge >= 0.3 is 0 Å². The topological polar surface area (TPSA) is 68.2 Å². The van der Waals surface area contributed by atoms with Gasteiger partial charge in [-0.05, 0) is 47.1 Å². The molecule has 0 unspecified atom stereocenters. The first-order valence-corrected chi connectivity index (χ1v) is 6.69. The predicted octanol–water partition coefficient (Wildman–Crippen LogP) is 2.44. The van der Waals surface area contributed by atoms with E-state index in [2.05, 4.69) is 36.5 Å². The maximum Gasteiger partial charge on any atom is 0.178 e. The van der Waals surface area contributed by atoms with Crippen LogP contribution in [0.4, 0.5) is 5.82 Å². The van der Waals surface area contributed by atoms with Gasteiger partial charge in [-0.25, -0.2) is 0 Å². The number of anilines is 1. The smallest absolute Gasteiger partial charge is 0.178 e. The van der Waals surface area contributed by atoms with Crippen LogP contribution in [0, 0.1) is 6.92 Å². The SMILES string of the molecule is Cc1nnc2ccc(NCCc3ccc(Br)o3)nn12. The summed E-state index contributed by atoms with van der Waals surface area (Å²) in [6.45, 7) is 2.62. The number of halogens is 1. The number of aromatic nitrogens is 4. The maximum atomic E-state index is 5.43. The van der Waals surface area contributed by atoms with Crippen LogP contribution in [0.3, 0.4) is 0 Å². The molecule has 0 aromatic carbocycles. The number of fused-ring (bicyclic) bond motifs is 1. The van der Waals surface area contributed by atoms with Crippen LogP contribution in [-0.2, 0) is 6.42 Å². The van der Waals surface area contributed by atoms with Gasteiger partial charge in [0, 0.05) is 13.0 Å².